The van der Waals surface area contributed by atoms with E-state index < -0.39 is 0 Å². The molecular formula is C18H26N2. The van der Waals surface area contributed by atoms with Gasteiger partial charge in [0.05, 0.1) is 0 Å². The van der Waals surface area contributed by atoms with Crippen LogP contribution in [0.5, 0.6) is 0 Å². The van der Waals surface area contributed by atoms with E-state index >= 15 is 0 Å². The van der Waals surface area contributed by atoms with Crippen LogP contribution in [0.25, 0.3) is 0 Å². The van der Waals surface area contributed by atoms with E-state index in [0.717, 1.165) is 12.1 Å². The topological polar surface area (TPSA) is 15.3 Å². The highest BCUT2D eigenvalue weighted by atomic mass is 15.2. The Kier molecular flexibility index (Phi) is 3.53. The standard InChI is InChI=1S/C18H26N2/c1-2-8-15-14(6-1)7-5-9-16(15)19-17-11-13-20-12-4-3-10-18(17)20/h1-2,6,8,16-19H,3-5,7,9-13H2. The van der Waals surface area contributed by atoms with Gasteiger partial charge >= 0.3 is 0 Å². The van der Waals surface area contributed by atoms with Crippen LogP contribution in [0.2, 0.25) is 0 Å². The Morgan fingerprint density at radius 1 is 0.950 bits per heavy atom. The molecule has 0 amide bonds. The molecular weight excluding hydrogens is 244 g/mol. The fraction of sp³-hybridized carbons (Fsp3) is 0.667. The van der Waals surface area contributed by atoms with Crippen LogP contribution in [0.15, 0.2) is 24.3 Å². The van der Waals surface area contributed by atoms with Crippen molar-refractivity contribution >= 4 is 0 Å². The number of hydrogen-bond acceptors (Lipinski definition) is 2. The summed E-state index contributed by atoms with van der Waals surface area (Å²) < 4.78 is 0. The zero-order chi connectivity index (χ0) is 13.4. The lowest BCUT2D eigenvalue weighted by Crippen LogP contribution is -2.46. The van der Waals surface area contributed by atoms with Gasteiger partial charge in [-0.15, -0.1) is 0 Å². The molecule has 3 aliphatic rings. The van der Waals surface area contributed by atoms with Gasteiger partial charge in [0.1, 0.15) is 0 Å². The second-order valence-corrected chi connectivity index (χ2v) is 6.80. The van der Waals surface area contributed by atoms with Crippen LogP contribution in [-0.4, -0.2) is 30.1 Å². The molecule has 3 unspecified atom stereocenters. The number of nitrogens with zero attached hydrogens (tertiary/aromatic N) is 1. The van der Waals surface area contributed by atoms with Gasteiger partial charge in [0.2, 0.25) is 0 Å². The van der Waals surface area contributed by atoms with Gasteiger partial charge in [0.15, 0.2) is 0 Å². The van der Waals surface area contributed by atoms with E-state index in [0.29, 0.717) is 6.04 Å². The molecule has 2 heterocycles. The van der Waals surface area contributed by atoms with Crippen molar-refractivity contribution in [3.05, 3.63) is 35.4 Å². The van der Waals surface area contributed by atoms with Crippen LogP contribution in [-0.2, 0) is 6.42 Å². The van der Waals surface area contributed by atoms with Crippen LogP contribution in [0.3, 0.4) is 0 Å². The number of benzene rings is 1. The summed E-state index contributed by atoms with van der Waals surface area (Å²) in [5.41, 5.74) is 3.16. The second kappa shape index (κ2) is 5.50. The summed E-state index contributed by atoms with van der Waals surface area (Å²) in [6, 6.07) is 11.2. The number of rotatable bonds is 2. The van der Waals surface area contributed by atoms with Crippen molar-refractivity contribution in [3.63, 3.8) is 0 Å². The number of hydrogen-bond donors (Lipinski definition) is 1. The van der Waals surface area contributed by atoms with E-state index in [1.165, 1.54) is 58.0 Å². The van der Waals surface area contributed by atoms with Crippen molar-refractivity contribution < 1.29 is 0 Å². The van der Waals surface area contributed by atoms with Crippen molar-refractivity contribution in [1.82, 2.24) is 10.2 Å². The number of nitrogens with one attached hydrogen (secondary N) is 1. The normalized spacial score (nSPS) is 33.7. The highest BCUT2D eigenvalue weighted by molar-refractivity contribution is 5.32. The minimum Gasteiger partial charge on any atom is -0.306 e. The molecule has 108 valence electrons. The van der Waals surface area contributed by atoms with E-state index in [9.17, 15) is 0 Å². The molecule has 1 N–H and O–H groups in total. The summed E-state index contributed by atoms with van der Waals surface area (Å²) in [4.78, 5) is 2.73. The van der Waals surface area contributed by atoms with Gasteiger partial charge in [0.25, 0.3) is 0 Å². The van der Waals surface area contributed by atoms with Gasteiger partial charge in [-0.1, -0.05) is 30.7 Å². The SMILES string of the molecule is c1ccc2c(c1)CCCC2NC1CCN2CCCCC12. The Bertz CT molecular complexity index is 470. The largest absolute Gasteiger partial charge is 0.306 e. The Balaban J connectivity index is 1.50. The molecule has 2 heteroatoms. The van der Waals surface area contributed by atoms with Gasteiger partial charge in [-0.25, -0.2) is 0 Å². The summed E-state index contributed by atoms with van der Waals surface area (Å²) in [5.74, 6) is 0. The smallest absolute Gasteiger partial charge is 0.0326 e. The predicted octanol–water partition coefficient (Wildman–Crippen LogP) is 3.28. The van der Waals surface area contributed by atoms with E-state index in [4.69, 9.17) is 0 Å². The first-order valence-electron chi connectivity index (χ1n) is 8.50. The molecule has 1 aliphatic carbocycles. The molecule has 1 aromatic carbocycles. The van der Waals surface area contributed by atoms with Crippen LogP contribution in [0, 0.1) is 0 Å². The highest BCUT2D eigenvalue weighted by Gasteiger charge is 2.36. The zero-order valence-electron chi connectivity index (χ0n) is 12.4. The molecule has 3 atom stereocenters. The average Bonchev–Trinajstić information content (AvgIpc) is 2.91. The summed E-state index contributed by atoms with van der Waals surface area (Å²) in [5, 5.41) is 4.03. The highest BCUT2D eigenvalue weighted by Crippen LogP contribution is 2.33. The molecule has 2 nitrogen and oxygen atoms in total. The van der Waals surface area contributed by atoms with E-state index in [1.807, 2.05) is 0 Å². The minimum absolute atomic E-state index is 0.604. The zero-order valence-corrected chi connectivity index (χ0v) is 12.4. The molecule has 2 aliphatic heterocycles. The Hall–Kier alpha value is -0.860. The molecule has 0 saturated carbocycles. The lowest BCUT2D eigenvalue weighted by Gasteiger charge is -2.36. The molecule has 2 saturated heterocycles. The van der Waals surface area contributed by atoms with Crippen molar-refractivity contribution in [2.45, 2.75) is 63.1 Å². The first kappa shape index (κ1) is 12.8. The van der Waals surface area contributed by atoms with Crippen LogP contribution >= 0.6 is 0 Å². The average molecular weight is 270 g/mol. The number of piperidine rings is 1. The summed E-state index contributed by atoms with van der Waals surface area (Å²) >= 11 is 0. The molecule has 0 radical (unpaired) electrons. The molecule has 1 aromatic rings. The number of fused-ring (bicyclic) bond motifs is 2. The lowest BCUT2D eigenvalue weighted by molar-refractivity contribution is 0.175. The van der Waals surface area contributed by atoms with Gasteiger partial charge in [-0.3, -0.25) is 4.90 Å². The molecule has 4 rings (SSSR count). The van der Waals surface area contributed by atoms with Crippen molar-refractivity contribution in [2.75, 3.05) is 13.1 Å². The fourth-order valence-corrected chi connectivity index (χ4v) is 4.63. The molecule has 0 aromatic heterocycles. The minimum atomic E-state index is 0.604. The first-order valence-corrected chi connectivity index (χ1v) is 8.50. The third kappa shape index (κ3) is 2.29. The van der Waals surface area contributed by atoms with Crippen molar-refractivity contribution in [3.8, 4) is 0 Å². The van der Waals surface area contributed by atoms with Crippen LogP contribution in [0.4, 0.5) is 0 Å². The van der Waals surface area contributed by atoms with Gasteiger partial charge in [0, 0.05) is 24.7 Å². The van der Waals surface area contributed by atoms with Crippen LogP contribution < -0.4 is 5.32 Å². The fourth-order valence-electron chi connectivity index (χ4n) is 4.63. The second-order valence-electron chi connectivity index (χ2n) is 6.80. The third-order valence-electron chi connectivity index (χ3n) is 5.64. The predicted molar refractivity (Wildman–Crippen MR) is 82.9 cm³/mol. The maximum atomic E-state index is 4.03. The Morgan fingerprint density at radius 2 is 1.90 bits per heavy atom. The van der Waals surface area contributed by atoms with Gasteiger partial charge in [-0.2, -0.15) is 0 Å². The maximum Gasteiger partial charge on any atom is 0.0326 e. The Morgan fingerprint density at radius 3 is 2.90 bits per heavy atom. The van der Waals surface area contributed by atoms with Gasteiger partial charge in [-0.05, 0) is 56.2 Å². The summed E-state index contributed by atoms with van der Waals surface area (Å²) in [6.45, 7) is 2.65. The van der Waals surface area contributed by atoms with E-state index in [1.54, 1.807) is 11.1 Å². The van der Waals surface area contributed by atoms with Gasteiger partial charge < -0.3 is 5.32 Å². The molecule has 2 fully saturated rings. The first-order chi connectivity index (χ1) is 9.92. The van der Waals surface area contributed by atoms with E-state index in [-0.39, 0.29) is 0 Å². The van der Waals surface area contributed by atoms with Crippen molar-refractivity contribution in [1.29, 1.82) is 0 Å². The van der Waals surface area contributed by atoms with Crippen molar-refractivity contribution in [2.24, 2.45) is 0 Å². The van der Waals surface area contributed by atoms with Crippen LogP contribution in [0.1, 0.15) is 55.7 Å². The monoisotopic (exact) mass is 270 g/mol. The lowest BCUT2D eigenvalue weighted by atomic mass is 9.86. The molecule has 0 spiro atoms. The third-order valence-corrected chi connectivity index (χ3v) is 5.64. The quantitative estimate of drug-likeness (QED) is 0.887. The molecule has 20 heavy (non-hydrogen) atoms. The maximum absolute atomic E-state index is 4.03. The number of aryl methyl sites for hydroxylation is 1. The summed E-state index contributed by atoms with van der Waals surface area (Å²) in [6.07, 6.45) is 9.54. The summed E-state index contributed by atoms with van der Waals surface area (Å²) in [7, 11) is 0. The Labute approximate surface area is 122 Å². The molecule has 0 bridgehead atoms. The van der Waals surface area contributed by atoms with E-state index in [2.05, 4.69) is 34.5 Å².